The van der Waals surface area contributed by atoms with Gasteiger partial charge in [-0.1, -0.05) is 6.92 Å². The van der Waals surface area contributed by atoms with Gasteiger partial charge < -0.3 is 20.3 Å². The lowest BCUT2D eigenvalue weighted by Gasteiger charge is -2.16. The lowest BCUT2D eigenvalue weighted by molar-refractivity contribution is 0.362. The zero-order valence-electron chi connectivity index (χ0n) is 9.99. The SMILES string of the molecule is COc1cc(C(C)CCN)c(OC)cc1O. The molecule has 0 aliphatic carbocycles. The Morgan fingerprint density at radius 1 is 1.25 bits per heavy atom. The molecule has 0 amide bonds. The highest BCUT2D eigenvalue weighted by atomic mass is 16.5. The first-order chi connectivity index (χ1) is 7.63. The van der Waals surface area contributed by atoms with Crippen molar-refractivity contribution in [1.82, 2.24) is 0 Å². The molecule has 16 heavy (non-hydrogen) atoms. The fourth-order valence-corrected chi connectivity index (χ4v) is 1.70. The highest BCUT2D eigenvalue weighted by molar-refractivity contribution is 5.51. The number of rotatable bonds is 5. The van der Waals surface area contributed by atoms with Crippen LogP contribution in [0.15, 0.2) is 12.1 Å². The highest BCUT2D eigenvalue weighted by Crippen LogP contribution is 2.38. The Morgan fingerprint density at radius 2 is 1.88 bits per heavy atom. The molecule has 90 valence electrons. The van der Waals surface area contributed by atoms with Crippen LogP contribution in [-0.4, -0.2) is 25.9 Å². The van der Waals surface area contributed by atoms with Crippen molar-refractivity contribution in [2.75, 3.05) is 20.8 Å². The fourth-order valence-electron chi connectivity index (χ4n) is 1.70. The van der Waals surface area contributed by atoms with Crippen molar-refractivity contribution in [2.24, 2.45) is 5.73 Å². The summed E-state index contributed by atoms with van der Waals surface area (Å²) in [4.78, 5) is 0. The largest absolute Gasteiger partial charge is 0.504 e. The normalized spacial score (nSPS) is 12.2. The van der Waals surface area contributed by atoms with E-state index in [4.69, 9.17) is 15.2 Å². The number of phenolic OH excluding ortho intramolecular Hbond substituents is 1. The molecular formula is C12H19NO3. The van der Waals surface area contributed by atoms with Gasteiger partial charge in [0.2, 0.25) is 0 Å². The third-order valence-electron chi connectivity index (χ3n) is 2.66. The molecule has 0 saturated heterocycles. The molecule has 1 aromatic rings. The fraction of sp³-hybridized carbons (Fsp3) is 0.500. The van der Waals surface area contributed by atoms with Crippen LogP contribution in [0.2, 0.25) is 0 Å². The van der Waals surface area contributed by atoms with E-state index in [1.165, 1.54) is 7.11 Å². The minimum absolute atomic E-state index is 0.0862. The molecule has 3 N–H and O–H groups in total. The van der Waals surface area contributed by atoms with Crippen molar-refractivity contribution in [3.63, 3.8) is 0 Å². The second-order valence-corrected chi connectivity index (χ2v) is 3.74. The van der Waals surface area contributed by atoms with Crippen molar-refractivity contribution in [2.45, 2.75) is 19.3 Å². The number of nitrogens with two attached hydrogens (primary N) is 1. The molecule has 0 heterocycles. The van der Waals surface area contributed by atoms with Crippen molar-refractivity contribution in [1.29, 1.82) is 0 Å². The zero-order valence-corrected chi connectivity index (χ0v) is 9.99. The van der Waals surface area contributed by atoms with E-state index < -0.39 is 0 Å². The van der Waals surface area contributed by atoms with Gasteiger partial charge in [-0.25, -0.2) is 0 Å². The third kappa shape index (κ3) is 2.58. The van der Waals surface area contributed by atoms with E-state index in [-0.39, 0.29) is 11.7 Å². The van der Waals surface area contributed by atoms with Crippen LogP contribution in [0.1, 0.15) is 24.8 Å². The van der Waals surface area contributed by atoms with Crippen molar-refractivity contribution >= 4 is 0 Å². The Labute approximate surface area is 96.0 Å². The van der Waals surface area contributed by atoms with E-state index in [0.29, 0.717) is 18.0 Å². The minimum Gasteiger partial charge on any atom is -0.504 e. The monoisotopic (exact) mass is 225 g/mol. The third-order valence-corrected chi connectivity index (χ3v) is 2.66. The molecule has 0 aromatic heterocycles. The summed E-state index contributed by atoms with van der Waals surface area (Å²) in [6.45, 7) is 2.69. The molecule has 0 spiro atoms. The summed E-state index contributed by atoms with van der Waals surface area (Å²) in [5.41, 5.74) is 6.54. The highest BCUT2D eigenvalue weighted by Gasteiger charge is 2.15. The number of benzene rings is 1. The van der Waals surface area contributed by atoms with Gasteiger partial charge in [-0.15, -0.1) is 0 Å². The molecule has 1 aromatic carbocycles. The number of phenols is 1. The number of hydrogen-bond acceptors (Lipinski definition) is 4. The maximum absolute atomic E-state index is 9.63. The summed E-state index contributed by atoms with van der Waals surface area (Å²) in [5.74, 6) is 1.48. The average molecular weight is 225 g/mol. The number of aromatic hydroxyl groups is 1. The molecule has 0 bridgehead atoms. The predicted octanol–water partition coefficient (Wildman–Crippen LogP) is 1.86. The lowest BCUT2D eigenvalue weighted by atomic mass is 9.96. The van der Waals surface area contributed by atoms with Gasteiger partial charge in [-0.05, 0) is 24.9 Å². The molecule has 1 unspecified atom stereocenters. The van der Waals surface area contributed by atoms with Gasteiger partial charge in [0, 0.05) is 11.6 Å². The quantitative estimate of drug-likeness (QED) is 0.802. The summed E-state index contributed by atoms with van der Waals surface area (Å²) >= 11 is 0. The Hall–Kier alpha value is -1.42. The summed E-state index contributed by atoms with van der Waals surface area (Å²) in [6.07, 6.45) is 0.865. The first-order valence-corrected chi connectivity index (χ1v) is 5.29. The topological polar surface area (TPSA) is 64.7 Å². The Kier molecular flexibility index (Phi) is 4.43. The Morgan fingerprint density at radius 3 is 2.38 bits per heavy atom. The van der Waals surface area contributed by atoms with Crippen molar-refractivity contribution in [3.8, 4) is 17.2 Å². The summed E-state index contributed by atoms with van der Waals surface area (Å²) in [6, 6.07) is 3.37. The van der Waals surface area contributed by atoms with Crippen LogP contribution in [0, 0.1) is 0 Å². The van der Waals surface area contributed by atoms with Crippen LogP contribution in [0.25, 0.3) is 0 Å². The van der Waals surface area contributed by atoms with Crippen LogP contribution >= 0.6 is 0 Å². The van der Waals surface area contributed by atoms with E-state index in [9.17, 15) is 5.11 Å². The zero-order chi connectivity index (χ0) is 12.1. The van der Waals surface area contributed by atoms with E-state index >= 15 is 0 Å². The summed E-state index contributed by atoms with van der Waals surface area (Å²) < 4.78 is 10.3. The second kappa shape index (κ2) is 5.61. The van der Waals surface area contributed by atoms with E-state index in [2.05, 4.69) is 6.92 Å². The molecule has 0 aliphatic rings. The van der Waals surface area contributed by atoms with E-state index in [1.54, 1.807) is 19.2 Å². The second-order valence-electron chi connectivity index (χ2n) is 3.74. The molecule has 0 radical (unpaired) electrons. The molecule has 0 saturated carbocycles. The smallest absolute Gasteiger partial charge is 0.161 e. The maximum Gasteiger partial charge on any atom is 0.161 e. The minimum atomic E-state index is 0.0862. The first-order valence-electron chi connectivity index (χ1n) is 5.29. The van der Waals surface area contributed by atoms with Gasteiger partial charge in [-0.2, -0.15) is 0 Å². The van der Waals surface area contributed by atoms with Crippen LogP contribution in [0.3, 0.4) is 0 Å². The van der Waals surface area contributed by atoms with Crippen LogP contribution in [0.4, 0.5) is 0 Å². The van der Waals surface area contributed by atoms with E-state index in [0.717, 1.165) is 12.0 Å². The Balaban J connectivity index is 3.13. The number of ether oxygens (including phenoxy) is 2. The van der Waals surface area contributed by atoms with Gasteiger partial charge in [0.25, 0.3) is 0 Å². The maximum atomic E-state index is 9.63. The predicted molar refractivity (Wildman–Crippen MR) is 63.3 cm³/mol. The first kappa shape index (κ1) is 12.6. The lowest BCUT2D eigenvalue weighted by Crippen LogP contribution is -2.06. The van der Waals surface area contributed by atoms with Crippen molar-refractivity contribution in [3.05, 3.63) is 17.7 Å². The summed E-state index contributed by atoms with van der Waals surface area (Å²) in [7, 11) is 3.11. The average Bonchev–Trinajstić information content (AvgIpc) is 2.28. The van der Waals surface area contributed by atoms with Gasteiger partial charge in [0.05, 0.1) is 14.2 Å². The molecule has 1 rings (SSSR count). The molecule has 0 aliphatic heterocycles. The summed E-state index contributed by atoms with van der Waals surface area (Å²) in [5, 5.41) is 9.63. The van der Waals surface area contributed by atoms with Crippen LogP contribution < -0.4 is 15.2 Å². The number of methoxy groups -OCH3 is 2. The number of hydrogen-bond donors (Lipinski definition) is 2. The molecule has 4 heteroatoms. The van der Waals surface area contributed by atoms with Gasteiger partial charge in [-0.3, -0.25) is 0 Å². The Bertz CT molecular complexity index is 352. The van der Waals surface area contributed by atoms with E-state index in [1.807, 2.05) is 0 Å². The molecule has 1 atom stereocenters. The van der Waals surface area contributed by atoms with Crippen molar-refractivity contribution < 1.29 is 14.6 Å². The standard InChI is InChI=1S/C12H19NO3/c1-8(4-5-13)9-6-12(16-3)10(14)7-11(9)15-2/h6-8,14H,4-5,13H2,1-3H3. The van der Waals surface area contributed by atoms with Gasteiger partial charge in [0.1, 0.15) is 5.75 Å². The molecular weight excluding hydrogens is 206 g/mol. The van der Waals surface area contributed by atoms with Gasteiger partial charge >= 0.3 is 0 Å². The van der Waals surface area contributed by atoms with Gasteiger partial charge in [0.15, 0.2) is 11.5 Å². The van der Waals surface area contributed by atoms with Crippen LogP contribution in [0.5, 0.6) is 17.2 Å². The van der Waals surface area contributed by atoms with Crippen LogP contribution in [-0.2, 0) is 0 Å². The molecule has 4 nitrogen and oxygen atoms in total. The molecule has 0 fully saturated rings.